The van der Waals surface area contributed by atoms with E-state index in [0.29, 0.717) is 0 Å². The number of rotatable bonds is 5. The first-order valence-electron chi connectivity index (χ1n) is 6.22. The van der Waals surface area contributed by atoms with Crippen molar-refractivity contribution >= 4 is 42.4 Å². The predicted molar refractivity (Wildman–Crippen MR) is 79.8 cm³/mol. The first-order valence-corrected chi connectivity index (χ1v) is 8.52. The SMILES string of the molecule is CCOP(=O)(OCC)[C@]1(O)C(=O)Nc2c(Cl)cc(Cl)cc21. The minimum atomic E-state index is -4.18. The molecule has 0 aliphatic carbocycles. The van der Waals surface area contributed by atoms with E-state index in [-0.39, 0.29) is 34.5 Å². The van der Waals surface area contributed by atoms with E-state index < -0.39 is 18.8 Å². The number of hydrogen-bond donors (Lipinski definition) is 2. The zero-order valence-corrected chi connectivity index (χ0v) is 13.8. The molecule has 1 heterocycles. The van der Waals surface area contributed by atoms with E-state index in [1.54, 1.807) is 13.8 Å². The standard InChI is InChI=1S/C12H14Cl2NO5P/c1-3-19-21(18,20-4-2)12(17)8-5-7(13)6-9(14)10(8)15-11(12)16/h5-6,17H,3-4H2,1-2H3,(H,15,16)/t12-/m0/s1. The quantitative estimate of drug-likeness (QED) is 0.792. The van der Waals surface area contributed by atoms with Crippen molar-refractivity contribution in [2.75, 3.05) is 18.5 Å². The van der Waals surface area contributed by atoms with Crippen LogP contribution in [0.15, 0.2) is 12.1 Å². The van der Waals surface area contributed by atoms with Crippen LogP contribution in [0.4, 0.5) is 5.69 Å². The van der Waals surface area contributed by atoms with E-state index in [2.05, 4.69) is 5.32 Å². The summed E-state index contributed by atoms with van der Waals surface area (Å²) in [5, 5.41) is 11.0. The Kier molecular flexibility index (Phi) is 4.69. The van der Waals surface area contributed by atoms with E-state index in [1.807, 2.05) is 0 Å². The van der Waals surface area contributed by atoms with E-state index >= 15 is 0 Å². The minimum absolute atomic E-state index is 0.00347. The van der Waals surface area contributed by atoms with Crippen molar-refractivity contribution in [1.82, 2.24) is 0 Å². The molecular formula is C12H14Cl2NO5P. The van der Waals surface area contributed by atoms with Crippen molar-refractivity contribution in [2.45, 2.75) is 19.2 Å². The number of halogens is 2. The van der Waals surface area contributed by atoms with Crippen molar-refractivity contribution in [2.24, 2.45) is 0 Å². The Morgan fingerprint density at radius 2 is 1.86 bits per heavy atom. The summed E-state index contributed by atoms with van der Waals surface area (Å²) in [6, 6.07) is 2.71. The van der Waals surface area contributed by atoms with Crippen molar-refractivity contribution < 1.29 is 23.5 Å². The molecule has 0 bridgehead atoms. The lowest BCUT2D eigenvalue weighted by Crippen LogP contribution is -2.35. The number of carbonyl (C=O) groups excluding carboxylic acids is 1. The van der Waals surface area contributed by atoms with Crippen LogP contribution in [0.1, 0.15) is 19.4 Å². The van der Waals surface area contributed by atoms with Crippen molar-refractivity contribution in [1.29, 1.82) is 0 Å². The summed E-state index contributed by atoms with van der Waals surface area (Å²) in [5.74, 6) is -0.924. The molecule has 1 atom stereocenters. The third kappa shape index (κ3) is 2.50. The molecule has 21 heavy (non-hydrogen) atoms. The van der Waals surface area contributed by atoms with Gasteiger partial charge in [0, 0.05) is 10.6 Å². The molecule has 1 aromatic carbocycles. The highest BCUT2D eigenvalue weighted by atomic mass is 35.5. The molecule has 9 heteroatoms. The Balaban J connectivity index is 2.68. The third-order valence-corrected chi connectivity index (χ3v) is 5.93. The van der Waals surface area contributed by atoms with Gasteiger partial charge in [-0.25, -0.2) is 0 Å². The maximum atomic E-state index is 12.9. The molecule has 0 saturated carbocycles. The molecule has 0 aromatic heterocycles. The average Bonchev–Trinajstić information content (AvgIpc) is 2.65. The highest BCUT2D eigenvalue weighted by molar-refractivity contribution is 7.56. The van der Waals surface area contributed by atoms with Gasteiger partial charge in [-0.15, -0.1) is 0 Å². The van der Waals surface area contributed by atoms with Crippen molar-refractivity contribution in [3.05, 3.63) is 27.7 Å². The van der Waals surface area contributed by atoms with Gasteiger partial charge in [-0.05, 0) is 26.0 Å². The lowest BCUT2D eigenvalue weighted by Gasteiger charge is -2.29. The zero-order valence-electron chi connectivity index (χ0n) is 11.4. The van der Waals surface area contributed by atoms with Gasteiger partial charge in [-0.3, -0.25) is 9.36 Å². The molecular weight excluding hydrogens is 340 g/mol. The molecule has 0 fully saturated rings. The first kappa shape index (κ1) is 16.7. The number of carbonyl (C=O) groups is 1. The van der Waals surface area contributed by atoms with E-state index in [0.717, 1.165) is 0 Å². The molecule has 0 spiro atoms. The van der Waals surface area contributed by atoms with Gasteiger partial charge < -0.3 is 19.5 Å². The number of hydrogen-bond acceptors (Lipinski definition) is 5. The van der Waals surface area contributed by atoms with Crippen LogP contribution in [-0.2, 0) is 23.7 Å². The summed E-state index contributed by atoms with van der Waals surface area (Å²) < 4.78 is 23.1. The van der Waals surface area contributed by atoms with Crippen LogP contribution >= 0.6 is 30.8 Å². The van der Waals surface area contributed by atoms with Crippen molar-refractivity contribution in [3.63, 3.8) is 0 Å². The smallest absolute Gasteiger partial charge is 0.366 e. The highest BCUT2D eigenvalue weighted by Gasteiger charge is 2.62. The normalized spacial score (nSPS) is 21.3. The summed E-state index contributed by atoms with van der Waals surface area (Å²) in [7, 11) is -4.18. The van der Waals surface area contributed by atoms with Crippen LogP contribution < -0.4 is 5.32 Å². The van der Waals surface area contributed by atoms with Crippen LogP contribution in [0, 0.1) is 0 Å². The minimum Gasteiger partial charge on any atom is -0.366 e. The zero-order chi connectivity index (χ0) is 15.8. The van der Waals surface area contributed by atoms with Gasteiger partial charge in [0.15, 0.2) is 0 Å². The maximum absolute atomic E-state index is 12.9. The average molecular weight is 354 g/mol. The Morgan fingerprint density at radius 1 is 1.29 bits per heavy atom. The lowest BCUT2D eigenvalue weighted by atomic mass is 10.1. The molecule has 1 aliphatic heterocycles. The van der Waals surface area contributed by atoms with Crippen LogP contribution in [0.3, 0.4) is 0 Å². The van der Waals surface area contributed by atoms with Gasteiger partial charge >= 0.3 is 7.60 Å². The number of aliphatic hydroxyl groups is 1. The molecule has 0 saturated heterocycles. The summed E-state index contributed by atoms with van der Waals surface area (Å²) in [6.07, 6.45) is 0. The molecule has 2 rings (SSSR count). The molecule has 0 unspecified atom stereocenters. The summed E-state index contributed by atoms with van der Waals surface area (Å²) in [5.41, 5.74) is 0.128. The van der Waals surface area contributed by atoms with Crippen LogP contribution in [0.2, 0.25) is 10.0 Å². The second-order valence-corrected chi connectivity index (χ2v) is 7.27. The Labute approximate surface area is 131 Å². The molecule has 1 amide bonds. The predicted octanol–water partition coefficient (Wildman–Crippen LogP) is 3.36. The highest BCUT2D eigenvalue weighted by Crippen LogP contribution is 2.67. The Morgan fingerprint density at radius 3 is 2.38 bits per heavy atom. The third-order valence-electron chi connectivity index (χ3n) is 2.98. The van der Waals surface area contributed by atoms with Crippen LogP contribution in [0.25, 0.3) is 0 Å². The molecule has 6 nitrogen and oxygen atoms in total. The van der Waals surface area contributed by atoms with Crippen LogP contribution in [-0.4, -0.2) is 24.2 Å². The van der Waals surface area contributed by atoms with E-state index in [1.165, 1.54) is 12.1 Å². The van der Waals surface area contributed by atoms with Crippen molar-refractivity contribution in [3.8, 4) is 0 Å². The topological polar surface area (TPSA) is 84.9 Å². The summed E-state index contributed by atoms with van der Waals surface area (Å²) >= 11 is 11.9. The Hall–Kier alpha value is -0.620. The van der Waals surface area contributed by atoms with Crippen LogP contribution in [0.5, 0.6) is 0 Å². The van der Waals surface area contributed by atoms with Gasteiger partial charge in [0.1, 0.15) is 0 Å². The molecule has 2 N–H and O–H groups in total. The fourth-order valence-electron chi connectivity index (χ4n) is 2.13. The lowest BCUT2D eigenvalue weighted by molar-refractivity contribution is -0.128. The summed E-state index contributed by atoms with van der Waals surface area (Å²) in [6.45, 7) is 3.15. The molecule has 1 aromatic rings. The van der Waals surface area contributed by atoms with Gasteiger partial charge in [0.05, 0.1) is 23.9 Å². The largest absolute Gasteiger partial charge is 0.376 e. The maximum Gasteiger partial charge on any atom is 0.376 e. The number of anilines is 1. The Bertz CT molecular complexity index is 628. The number of amides is 1. The monoisotopic (exact) mass is 353 g/mol. The van der Waals surface area contributed by atoms with Gasteiger partial charge in [0.2, 0.25) is 0 Å². The van der Waals surface area contributed by atoms with Gasteiger partial charge in [0.25, 0.3) is 11.2 Å². The van der Waals surface area contributed by atoms with Gasteiger partial charge in [-0.2, -0.15) is 0 Å². The fraction of sp³-hybridized carbons (Fsp3) is 0.417. The molecule has 116 valence electrons. The number of fused-ring (bicyclic) bond motifs is 1. The van der Waals surface area contributed by atoms with E-state index in [4.69, 9.17) is 32.2 Å². The fourth-order valence-corrected chi connectivity index (χ4v) is 4.58. The first-order chi connectivity index (χ1) is 9.80. The molecule has 0 radical (unpaired) electrons. The number of benzene rings is 1. The molecule has 1 aliphatic rings. The van der Waals surface area contributed by atoms with E-state index in [9.17, 15) is 14.5 Å². The second-order valence-electron chi connectivity index (χ2n) is 4.27. The summed E-state index contributed by atoms with van der Waals surface area (Å²) in [4.78, 5) is 12.2. The number of nitrogens with one attached hydrogen (secondary N) is 1. The van der Waals surface area contributed by atoms with Gasteiger partial charge in [-0.1, -0.05) is 23.2 Å². The second kappa shape index (κ2) is 5.88.